The highest BCUT2D eigenvalue weighted by Gasteiger charge is 2.50. The van der Waals surface area contributed by atoms with E-state index in [1.165, 1.54) is 0 Å². The molecule has 5 saturated heterocycles. The first kappa shape index (κ1) is 25.1. The van der Waals surface area contributed by atoms with Gasteiger partial charge < -0.3 is 19.6 Å². The van der Waals surface area contributed by atoms with E-state index in [1.807, 2.05) is 24.5 Å². The number of anilines is 1. The van der Waals surface area contributed by atoms with Crippen LogP contribution < -0.4 is 9.64 Å². The lowest BCUT2D eigenvalue weighted by Gasteiger charge is -2.56. The Balaban J connectivity index is 0.995. The number of carbonyl (C=O) groups excluding carboxylic acids is 1. The Morgan fingerprint density at radius 2 is 1.83 bits per heavy atom. The third-order valence-electron chi connectivity index (χ3n) is 9.94. The molecular weight excluding hydrogens is 518 g/mol. The quantitative estimate of drug-likeness (QED) is 0.476. The number of aliphatic hydroxyl groups excluding tert-OH is 1. The topological polar surface area (TPSA) is 110 Å². The van der Waals surface area contributed by atoms with Gasteiger partial charge in [-0.05, 0) is 63.1 Å². The number of nitriles is 1. The maximum Gasteiger partial charge on any atom is 0.226 e. The van der Waals surface area contributed by atoms with E-state index in [4.69, 9.17) is 9.72 Å². The van der Waals surface area contributed by atoms with Crippen LogP contribution >= 0.6 is 0 Å². The van der Waals surface area contributed by atoms with Gasteiger partial charge in [-0.25, -0.2) is 9.50 Å². The lowest BCUT2D eigenvalue weighted by atomic mass is 9.86. The average molecular weight is 554 g/mol. The molecule has 1 N–H and O–H groups in total. The fourth-order valence-electron chi connectivity index (χ4n) is 7.79. The molecule has 0 spiro atoms. The zero-order valence-corrected chi connectivity index (χ0v) is 23.1. The smallest absolute Gasteiger partial charge is 0.226 e. The van der Waals surface area contributed by atoms with E-state index < -0.39 is 0 Å². The second-order valence-corrected chi connectivity index (χ2v) is 12.5. The van der Waals surface area contributed by atoms with E-state index in [2.05, 4.69) is 31.9 Å². The van der Waals surface area contributed by atoms with Crippen molar-refractivity contribution in [2.24, 2.45) is 5.92 Å². The SMILES string of the molecule is N#Cc1cnn2cc(OCCN3[C@@H]4CC[C@H]3CC(O)C4)cc(-c3ccc(N4CC5CC(C4)N5C(=O)C4CC4)nc3)c12. The van der Waals surface area contributed by atoms with Gasteiger partial charge in [0.2, 0.25) is 5.91 Å². The Bertz CT molecular complexity index is 1500. The van der Waals surface area contributed by atoms with Crippen molar-refractivity contribution in [1.29, 1.82) is 5.26 Å². The molecule has 212 valence electrons. The highest BCUT2D eigenvalue weighted by molar-refractivity contribution is 5.85. The summed E-state index contributed by atoms with van der Waals surface area (Å²) in [6, 6.07) is 9.85. The highest BCUT2D eigenvalue weighted by atomic mass is 16.5. The zero-order chi connectivity index (χ0) is 27.7. The first-order valence-corrected chi connectivity index (χ1v) is 15.1. The van der Waals surface area contributed by atoms with Gasteiger partial charge in [-0.3, -0.25) is 9.69 Å². The number of aromatic nitrogens is 3. The van der Waals surface area contributed by atoms with Gasteiger partial charge >= 0.3 is 0 Å². The number of piperazine rings is 1. The Kier molecular flexibility index (Phi) is 5.93. The summed E-state index contributed by atoms with van der Waals surface area (Å²) in [5.74, 6) is 2.25. The molecule has 3 aromatic rings. The third-order valence-corrected chi connectivity index (χ3v) is 9.94. The minimum Gasteiger partial charge on any atom is -0.491 e. The molecule has 1 saturated carbocycles. The first-order valence-electron chi connectivity index (χ1n) is 15.1. The number of hydrogen-bond donors (Lipinski definition) is 1. The predicted octanol–water partition coefficient (Wildman–Crippen LogP) is 2.83. The summed E-state index contributed by atoms with van der Waals surface area (Å²) in [4.78, 5) is 24.4. The van der Waals surface area contributed by atoms with Crippen LogP contribution in [0.1, 0.15) is 50.5 Å². The third kappa shape index (κ3) is 4.34. The van der Waals surface area contributed by atoms with Gasteiger partial charge in [0, 0.05) is 55.0 Å². The molecule has 8 heterocycles. The summed E-state index contributed by atoms with van der Waals surface area (Å²) in [7, 11) is 0. The van der Waals surface area contributed by atoms with Gasteiger partial charge in [0.25, 0.3) is 0 Å². The molecule has 10 nitrogen and oxygen atoms in total. The van der Waals surface area contributed by atoms with Crippen molar-refractivity contribution in [3.63, 3.8) is 0 Å². The Labute approximate surface area is 239 Å². The zero-order valence-electron chi connectivity index (χ0n) is 23.1. The predicted molar refractivity (Wildman–Crippen MR) is 151 cm³/mol. The molecule has 3 aromatic heterocycles. The van der Waals surface area contributed by atoms with E-state index >= 15 is 0 Å². The monoisotopic (exact) mass is 553 g/mol. The molecule has 10 heteroatoms. The number of piperidine rings is 2. The molecule has 0 aromatic carbocycles. The second-order valence-electron chi connectivity index (χ2n) is 12.5. The first-order chi connectivity index (χ1) is 20.1. The van der Waals surface area contributed by atoms with E-state index in [9.17, 15) is 15.2 Å². The summed E-state index contributed by atoms with van der Waals surface area (Å²) < 4.78 is 7.97. The van der Waals surface area contributed by atoms with Crippen molar-refractivity contribution in [1.82, 2.24) is 24.4 Å². The van der Waals surface area contributed by atoms with Crippen molar-refractivity contribution in [2.45, 2.75) is 75.2 Å². The van der Waals surface area contributed by atoms with Gasteiger partial charge in [-0.2, -0.15) is 10.4 Å². The molecule has 4 bridgehead atoms. The number of pyridine rings is 2. The number of rotatable bonds is 7. The van der Waals surface area contributed by atoms with Crippen LogP contribution in [0, 0.1) is 17.2 Å². The molecule has 5 aliphatic heterocycles. The van der Waals surface area contributed by atoms with E-state index in [1.54, 1.807) is 10.7 Å². The summed E-state index contributed by atoms with van der Waals surface area (Å²) in [5, 5.41) is 24.3. The molecule has 3 unspecified atom stereocenters. The van der Waals surface area contributed by atoms with Crippen LogP contribution in [0.25, 0.3) is 16.6 Å². The standard InChI is InChI=1S/C31H35N7O3/c32-13-21-15-34-37-18-27(41-8-7-36-22-4-5-23(36)11-26(39)10-22)12-28(30(21)37)20-3-6-29(33-14-20)35-16-24-9-25(17-35)38(24)31(40)19-1-2-19/h3,6,12,14-15,18-19,22-26,39H,1-2,4-5,7-11,16-17H2/t22-,23+,24?,25?,26?. The lowest BCUT2D eigenvalue weighted by Crippen LogP contribution is -2.70. The fraction of sp³-hybridized carbons (Fsp3) is 0.548. The molecule has 1 amide bonds. The normalized spacial score (nSPS) is 28.9. The van der Waals surface area contributed by atoms with Crippen molar-refractivity contribution in [2.75, 3.05) is 31.1 Å². The number of nitrogens with zero attached hydrogens (tertiary/aromatic N) is 7. The largest absolute Gasteiger partial charge is 0.491 e. The number of ether oxygens (including phenoxy) is 1. The Morgan fingerprint density at radius 3 is 2.51 bits per heavy atom. The van der Waals surface area contributed by atoms with Crippen molar-refractivity contribution in [3.05, 3.63) is 42.4 Å². The molecule has 1 aliphatic carbocycles. The van der Waals surface area contributed by atoms with Gasteiger partial charge in [0.05, 0.1) is 41.7 Å². The molecule has 9 rings (SSSR count). The minimum atomic E-state index is -0.171. The van der Waals surface area contributed by atoms with E-state index in [-0.39, 0.29) is 12.0 Å². The van der Waals surface area contributed by atoms with Crippen molar-refractivity contribution in [3.8, 4) is 22.9 Å². The maximum atomic E-state index is 12.6. The number of amides is 1. The lowest BCUT2D eigenvalue weighted by molar-refractivity contribution is -0.147. The minimum absolute atomic E-state index is 0.171. The van der Waals surface area contributed by atoms with Gasteiger partial charge in [0.1, 0.15) is 24.2 Å². The number of fused-ring (bicyclic) bond motifs is 5. The molecule has 6 fully saturated rings. The van der Waals surface area contributed by atoms with Gasteiger partial charge in [-0.15, -0.1) is 0 Å². The van der Waals surface area contributed by atoms with Crippen LogP contribution in [-0.4, -0.2) is 91.9 Å². The van der Waals surface area contributed by atoms with Crippen LogP contribution in [0.2, 0.25) is 0 Å². The number of carbonyl (C=O) groups is 1. The van der Waals surface area contributed by atoms with Crippen LogP contribution in [0.15, 0.2) is 36.8 Å². The number of hydrogen-bond acceptors (Lipinski definition) is 8. The summed E-state index contributed by atoms with van der Waals surface area (Å²) in [6.45, 7) is 3.03. The van der Waals surface area contributed by atoms with Crippen LogP contribution in [0.3, 0.4) is 0 Å². The summed E-state index contributed by atoms with van der Waals surface area (Å²) in [5.41, 5.74) is 3.01. The Hall–Kier alpha value is -3.68. The molecule has 41 heavy (non-hydrogen) atoms. The van der Waals surface area contributed by atoms with Gasteiger partial charge in [0.15, 0.2) is 0 Å². The second kappa shape index (κ2) is 9.71. The van der Waals surface area contributed by atoms with Crippen LogP contribution in [-0.2, 0) is 4.79 Å². The van der Waals surface area contributed by atoms with E-state index in [0.29, 0.717) is 48.0 Å². The molecule has 0 radical (unpaired) electrons. The number of aliphatic hydroxyl groups is 1. The van der Waals surface area contributed by atoms with Crippen LogP contribution in [0.5, 0.6) is 5.75 Å². The molecule has 6 aliphatic rings. The fourth-order valence-corrected chi connectivity index (χ4v) is 7.79. The van der Waals surface area contributed by atoms with Crippen LogP contribution in [0.4, 0.5) is 5.82 Å². The Morgan fingerprint density at radius 1 is 1.05 bits per heavy atom. The van der Waals surface area contributed by atoms with E-state index in [0.717, 1.165) is 87.0 Å². The summed E-state index contributed by atoms with van der Waals surface area (Å²) in [6.07, 6.45) is 12.3. The van der Waals surface area contributed by atoms with Crippen molar-refractivity contribution >= 4 is 17.2 Å². The molecule has 5 atom stereocenters. The van der Waals surface area contributed by atoms with Crippen molar-refractivity contribution < 1.29 is 14.6 Å². The maximum absolute atomic E-state index is 12.6. The highest BCUT2D eigenvalue weighted by Crippen LogP contribution is 2.41. The van der Waals surface area contributed by atoms with Gasteiger partial charge in [-0.1, -0.05) is 0 Å². The average Bonchev–Trinajstić information content (AvgIpc) is 3.71. The molecular formula is C31H35N7O3. The summed E-state index contributed by atoms with van der Waals surface area (Å²) >= 11 is 0.